The predicted molar refractivity (Wildman–Crippen MR) is 97.2 cm³/mol. The Labute approximate surface area is 160 Å². The first kappa shape index (κ1) is 18.8. The van der Waals surface area contributed by atoms with Crippen LogP contribution in [0.5, 0.6) is 0 Å². The maximum absolute atomic E-state index is 12.8. The molecule has 26 heavy (non-hydrogen) atoms. The summed E-state index contributed by atoms with van der Waals surface area (Å²) >= 11 is 12.1. The van der Waals surface area contributed by atoms with Gasteiger partial charge in [0.1, 0.15) is 17.9 Å². The molecule has 2 heterocycles. The van der Waals surface area contributed by atoms with E-state index in [0.717, 1.165) is 0 Å². The maximum atomic E-state index is 12.8. The minimum atomic E-state index is -0.943. The Morgan fingerprint density at radius 1 is 1.35 bits per heavy atom. The second kappa shape index (κ2) is 8.12. The third kappa shape index (κ3) is 4.03. The highest BCUT2D eigenvalue weighted by atomic mass is 35.5. The van der Waals surface area contributed by atoms with Gasteiger partial charge in [0.15, 0.2) is 0 Å². The molecular formula is C18H18Cl2N2O4. The van der Waals surface area contributed by atoms with Gasteiger partial charge >= 0.3 is 0 Å². The van der Waals surface area contributed by atoms with Crippen LogP contribution in [0.2, 0.25) is 10.0 Å². The van der Waals surface area contributed by atoms with Crippen LogP contribution in [0.25, 0.3) is 0 Å². The topological polar surface area (TPSA) is 82.8 Å². The van der Waals surface area contributed by atoms with Gasteiger partial charge in [-0.25, -0.2) is 0 Å². The van der Waals surface area contributed by atoms with Crippen LogP contribution in [-0.2, 0) is 4.79 Å². The van der Waals surface area contributed by atoms with Crippen LogP contribution < -0.4 is 5.32 Å². The van der Waals surface area contributed by atoms with E-state index in [4.69, 9.17) is 27.6 Å². The molecule has 6 nitrogen and oxygen atoms in total. The number of likely N-dealkylation sites (tertiary alicyclic amines) is 1. The molecule has 0 aliphatic carbocycles. The molecule has 138 valence electrons. The number of rotatable bonds is 5. The van der Waals surface area contributed by atoms with Crippen molar-refractivity contribution in [3.8, 4) is 0 Å². The Kier molecular flexibility index (Phi) is 5.86. The standard InChI is InChI=1S/C18H18Cl2N2O4/c19-11-5-6-13(20)12(9-11)18(25)22-7-1-3-14(22)17(24)21-10-15(23)16-4-2-8-26-16/h2,4-6,8-9,14-15,23H,1,3,7,10H2,(H,21,24). The molecule has 0 spiro atoms. The first-order valence-electron chi connectivity index (χ1n) is 8.22. The normalized spacial score (nSPS) is 18.0. The number of hydrogen-bond acceptors (Lipinski definition) is 4. The fraction of sp³-hybridized carbons (Fsp3) is 0.333. The van der Waals surface area contributed by atoms with E-state index in [9.17, 15) is 14.7 Å². The third-order valence-corrected chi connectivity index (χ3v) is 4.88. The van der Waals surface area contributed by atoms with Crippen molar-refractivity contribution >= 4 is 35.0 Å². The van der Waals surface area contributed by atoms with Gasteiger partial charge in [0.2, 0.25) is 5.91 Å². The number of furan rings is 1. The van der Waals surface area contributed by atoms with Crippen molar-refractivity contribution in [2.24, 2.45) is 0 Å². The van der Waals surface area contributed by atoms with Crippen molar-refractivity contribution in [3.63, 3.8) is 0 Å². The summed E-state index contributed by atoms with van der Waals surface area (Å²) < 4.78 is 5.10. The number of hydrogen-bond donors (Lipinski definition) is 2. The first-order valence-corrected chi connectivity index (χ1v) is 8.98. The van der Waals surface area contributed by atoms with Crippen LogP contribution in [0, 0.1) is 0 Å². The zero-order valence-corrected chi connectivity index (χ0v) is 15.3. The van der Waals surface area contributed by atoms with E-state index in [0.29, 0.717) is 35.2 Å². The molecule has 0 bridgehead atoms. The number of amides is 2. The second-order valence-corrected chi connectivity index (χ2v) is 6.90. The van der Waals surface area contributed by atoms with Gasteiger partial charge in [-0.15, -0.1) is 0 Å². The summed E-state index contributed by atoms with van der Waals surface area (Å²) in [6, 6.07) is 7.34. The van der Waals surface area contributed by atoms with Gasteiger partial charge in [-0.2, -0.15) is 0 Å². The smallest absolute Gasteiger partial charge is 0.256 e. The van der Waals surface area contributed by atoms with Crippen LogP contribution in [0.4, 0.5) is 0 Å². The van der Waals surface area contributed by atoms with Gasteiger partial charge in [-0.05, 0) is 43.2 Å². The van der Waals surface area contributed by atoms with E-state index in [1.54, 1.807) is 24.3 Å². The monoisotopic (exact) mass is 396 g/mol. The Balaban J connectivity index is 1.66. The minimum absolute atomic E-state index is 0.00278. The molecule has 1 aliphatic rings. The van der Waals surface area contributed by atoms with Gasteiger partial charge in [-0.3, -0.25) is 9.59 Å². The van der Waals surface area contributed by atoms with Gasteiger partial charge in [0.25, 0.3) is 5.91 Å². The van der Waals surface area contributed by atoms with Crippen LogP contribution >= 0.6 is 23.2 Å². The summed E-state index contributed by atoms with van der Waals surface area (Å²) in [6.45, 7) is 0.462. The molecule has 2 N–H and O–H groups in total. The third-order valence-electron chi connectivity index (χ3n) is 4.32. The van der Waals surface area contributed by atoms with E-state index in [1.165, 1.54) is 17.2 Å². The number of nitrogens with one attached hydrogen (secondary N) is 1. The molecule has 2 aromatic rings. The lowest BCUT2D eigenvalue weighted by Gasteiger charge is -2.25. The van der Waals surface area contributed by atoms with Crippen molar-refractivity contribution in [1.29, 1.82) is 0 Å². The van der Waals surface area contributed by atoms with Crippen LogP contribution in [0.1, 0.15) is 35.1 Å². The van der Waals surface area contributed by atoms with Crippen molar-refractivity contribution in [2.75, 3.05) is 13.1 Å². The van der Waals surface area contributed by atoms with E-state index >= 15 is 0 Å². The molecule has 2 atom stereocenters. The predicted octanol–water partition coefficient (Wildman–Crippen LogP) is 3.04. The fourth-order valence-electron chi connectivity index (χ4n) is 3.00. The number of halogens is 2. The Morgan fingerprint density at radius 2 is 2.15 bits per heavy atom. The highest BCUT2D eigenvalue weighted by molar-refractivity contribution is 6.35. The molecule has 1 aromatic heterocycles. The summed E-state index contributed by atoms with van der Waals surface area (Å²) in [5.41, 5.74) is 0.273. The molecule has 1 aliphatic heterocycles. The molecule has 1 saturated heterocycles. The SMILES string of the molecule is O=C(NCC(O)c1ccco1)C1CCCN1C(=O)c1cc(Cl)ccc1Cl. The van der Waals surface area contributed by atoms with E-state index in [1.807, 2.05) is 0 Å². The molecule has 2 unspecified atom stereocenters. The zero-order chi connectivity index (χ0) is 18.7. The Bertz CT molecular complexity index is 794. The summed E-state index contributed by atoms with van der Waals surface area (Å²) in [6.07, 6.45) is 1.77. The van der Waals surface area contributed by atoms with Gasteiger partial charge < -0.3 is 19.7 Å². The number of aliphatic hydroxyl groups is 1. The van der Waals surface area contributed by atoms with Crippen LogP contribution in [0.15, 0.2) is 41.0 Å². The van der Waals surface area contributed by atoms with Crippen molar-refractivity contribution in [3.05, 3.63) is 58.0 Å². The fourth-order valence-corrected chi connectivity index (χ4v) is 3.37. The molecular weight excluding hydrogens is 379 g/mol. The van der Waals surface area contributed by atoms with E-state index in [2.05, 4.69) is 5.32 Å². The Morgan fingerprint density at radius 3 is 2.88 bits per heavy atom. The number of carbonyl (C=O) groups is 2. The molecule has 2 amide bonds. The summed E-state index contributed by atoms with van der Waals surface area (Å²) in [5.74, 6) is -0.281. The molecule has 0 saturated carbocycles. The van der Waals surface area contributed by atoms with E-state index in [-0.39, 0.29) is 23.9 Å². The lowest BCUT2D eigenvalue weighted by molar-refractivity contribution is -0.125. The van der Waals surface area contributed by atoms with Crippen molar-refractivity contribution in [1.82, 2.24) is 10.2 Å². The molecule has 8 heteroatoms. The highest BCUT2D eigenvalue weighted by Crippen LogP contribution is 2.26. The molecule has 3 rings (SSSR count). The first-order chi connectivity index (χ1) is 12.5. The van der Waals surface area contributed by atoms with Crippen LogP contribution in [0.3, 0.4) is 0 Å². The highest BCUT2D eigenvalue weighted by Gasteiger charge is 2.35. The lowest BCUT2D eigenvalue weighted by Crippen LogP contribution is -2.46. The second-order valence-electron chi connectivity index (χ2n) is 6.06. The summed E-state index contributed by atoms with van der Waals surface area (Å²) in [7, 11) is 0. The molecule has 1 aromatic carbocycles. The average Bonchev–Trinajstić information content (AvgIpc) is 3.32. The number of benzene rings is 1. The number of carbonyl (C=O) groups excluding carboxylic acids is 2. The maximum Gasteiger partial charge on any atom is 0.256 e. The van der Waals surface area contributed by atoms with E-state index < -0.39 is 12.1 Å². The average molecular weight is 397 g/mol. The minimum Gasteiger partial charge on any atom is -0.467 e. The van der Waals surface area contributed by atoms with Gasteiger partial charge in [0, 0.05) is 11.6 Å². The number of nitrogens with zero attached hydrogens (tertiary/aromatic N) is 1. The lowest BCUT2D eigenvalue weighted by atomic mass is 10.1. The van der Waals surface area contributed by atoms with Gasteiger partial charge in [0.05, 0.1) is 23.4 Å². The molecule has 1 fully saturated rings. The number of aliphatic hydroxyl groups excluding tert-OH is 1. The molecule has 0 radical (unpaired) electrons. The van der Waals surface area contributed by atoms with Crippen molar-refractivity contribution in [2.45, 2.75) is 25.0 Å². The summed E-state index contributed by atoms with van der Waals surface area (Å²) in [5, 5.41) is 13.4. The van der Waals surface area contributed by atoms with Crippen LogP contribution in [-0.4, -0.2) is 41.0 Å². The quantitative estimate of drug-likeness (QED) is 0.813. The Hall–Kier alpha value is -2.02. The summed E-state index contributed by atoms with van der Waals surface area (Å²) in [4.78, 5) is 26.8. The zero-order valence-electron chi connectivity index (χ0n) is 13.8. The largest absolute Gasteiger partial charge is 0.467 e. The van der Waals surface area contributed by atoms with Crippen molar-refractivity contribution < 1.29 is 19.1 Å². The van der Waals surface area contributed by atoms with Gasteiger partial charge in [-0.1, -0.05) is 23.2 Å².